The highest BCUT2D eigenvalue weighted by molar-refractivity contribution is 5.94. The molecule has 1 aliphatic rings. The van der Waals surface area contributed by atoms with E-state index in [1.165, 1.54) is 11.1 Å². The molecule has 0 aliphatic carbocycles. The molecule has 5 heteroatoms. The van der Waals surface area contributed by atoms with Gasteiger partial charge in [0.05, 0.1) is 12.2 Å². The van der Waals surface area contributed by atoms with Crippen molar-refractivity contribution in [2.24, 2.45) is 0 Å². The van der Waals surface area contributed by atoms with Gasteiger partial charge in [-0.25, -0.2) is 4.98 Å². The fourth-order valence-electron chi connectivity index (χ4n) is 2.96. The number of rotatable bonds is 4. The van der Waals surface area contributed by atoms with Crippen LogP contribution < -0.4 is 10.2 Å². The average molecular weight is 325 g/mol. The van der Waals surface area contributed by atoms with E-state index in [9.17, 15) is 4.79 Å². The number of amides is 1. The molecule has 0 bridgehead atoms. The number of pyridine rings is 1. The largest absolute Gasteiger partial charge is 0.370 e. The Morgan fingerprint density at radius 1 is 1.33 bits per heavy atom. The summed E-state index contributed by atoms with van der Waals surface area (Å²) in [5, 5.41) is 2.78. The number of hydrogen-bond acceptors (Lipinski definition) is 4. The molecule has 2 aromatic rings. The third-order valence-corrected chi connectivity index (χ3v) is 4.27. The van der Waals surface area contributed by atoms with Gasteiger partial charge in [0.25, 0.3) is 5.91 Å². The Labute approximate surface area is 142 Å². The Hall–Kier alpha value is -2.40. The summed E-state index contributed by atoms with van der Waals surface area (Å²) in [4.78, 5) is 18.5. The molecule has 1 amide bonds. The molecule has 2 heterocycles. The molecule has 1 aromatic heterocycles. The van der Waals surface area contributed by atoms with E-state index in [0.29, 0.717) is 18.7 Å². The topological polar surface area (TPSA) is 54.5 Å². The molecule has 1 aromatic carbocycles. The molecule has 5 nitrogen and oxygen atoms in total. The molecule has 3 rings (SSSR count). The number of aryl methyl sites for hydroxylation is 1. The van der Waals surface area contributed by atoms with Gasteiger partial charge in [-0.15, -0.1) is 0 Å². The molecular formula is C19H23N3O2. The van der Waals surface area contributed by atoms with Crippen LogP contribution in [0.15, 0.2) is 42.6 Å². The highest BCUT2D eigenvalue weighted by Crippen LogP contribution is 2.27. The first-order valence-corrected chi connectivity index (χ1v) is 8.35. The van der Waals surface area contributed by atoms with Gasteiger partial charge in [0, 0.05) is 25.8 Å². The number of nitrogens with zero attached hydrogens (tertiary/aromatic N) is 2. The summed E-state index contributed by atoms with van der Waals surface area (Å²) in [6.45, 7) is 6.85. The third kappa shape index (κ3) is 3.57. The second-order valence-corrected chi connectivity index (χ2v) is 5.93. The highest BCUT2D eigenvalue weighted by Gasteiger charge is 2.24. The Kier molecular flexibility index (Phi) is 5.11. The van der Waals surface area contributed by atoms with Crippen molar-refractivity contribution in [1.29, 1.82) is 0 Å². The van der Waals surface area contributed by atoms with Crippen molar-refractivity contribution in [2.75, 3.05) is 31.1 Å². The first-order chi connectivity index (χ1) is 11.7. The summed E-state index contributed by atoms with van der Waals surface area (Å²) < 4.78 is 5.96. The number of nitrogens with one attached hydrogen (secondary N) is 1. The highest BCUT2D eigenvalue weighted by atomic mass is 16.5. The van der Waals surface area contributed by atoms with Crippen LogP contribution in [0.3, 0.4) is 0 Å². The lowest BCUT2D eigenvalue weighted by molar-refractivity contribution is 0.0391. The van der Waals surface area contributed by atoms with Gasteiger partial charge < -0.3 is 15.0 Å². The van der Waals surface area contributed by atoms with Gasteiger partial charge >= 0.3 is 0 Å². The van der Waals surface area contributed by atoms with E-state index >= 15 is 0 Å². The lowest BCUT2D eigenvalue weighted by Crippen LogP contribution is -2.39. The van der Waals surface area contributed by atoms with E-state index < -0.39 is 0 Å². The minimum Gasteiger partial charge on any atom is -0.370 e. The quantitative estimate of drug-likeness (QED) is 0.939. The molecule has 1 saturated heterocycles. The van der Waals surface area contributed by atoms with Crippen molar-refractivity contribution in [1.82, 2.24) is 10.3 Å². The number of anilines is 1. The molecular weight excluding hydrogens is 302 g/mol. The summed E-state index contributed by atoms with van der Waals surface area (Å²) in [6.07, 6.45) is 1.68. The molecule has 0 radical (unpaired) electrons. The van der Waals surface area contributed by atoms with Crippen LogP contribution in [-0.2, 0) is 4.74 Å². The van der Waals surface area contributed by atoms with Crippen LogP contribution in [0.1, 0.15) is 34.5 Å². The molecule has 24 heavy (non-hydrogen) atoms. The zero-order chi connectivity index (χ0) is 16.9. The molecule has 0 saturated carbocycles. The van der Waals surface area contributed by atoms with Gasteiger partial charge in [-0.3, -0.25) is 4.79 Å². The van der Waals surface area contributed by atoms with E-state index in [1.54, 1.807) is 6.20 Å². The van der Waals surface area contributed by atoms with Crippen molar-refractivity contribution in [2.45, 2.75) is 20.0 Å². The van der Waals surface area contributed by atoms with E-state index in [4.69, 9.17) is 4.74 Å². The van der Waals surface area contributed by atoms with E-state index in [0.717, 1.165) is 18.9 Å². The second-order valence-electron chi connectivity index (χ2n) is 5.93. The first kappa shape index (κ1) is 16.5. The summed E-state index contributed by atoms with van der Waals surface area (Å²) in [6, 6.07) is 12.0. The average Bonchev–Trinajstić information content (AvgIpc) is 2.62. The van der Waals surface area contributed by atoms with Crippen LogP contribution in [0.5, 0.6) is 0 Å². The number of hydrogen-bond donors (Lipinski definition) is 1. The van der Waals surface area contributed by atoms with Crippen molar-refractivity contribution >= 4 is 11.7 Å². The van der Waals surface area contributed by atoms with Crippen LogP contribution in [0.4, 0.5) is 5.82 Å². The van der Waals surface area contributed by atoms with E-state index in [1.807, 2.05) is 31.2 Å². The van der Waals surface area contributed by atoms with Gasteiger partial charge in [-0.1, -0.05) is 24.3 Å². The maximum absolute atomic E-state index is 11.8. The first-order valence-electron chi connectivity index (χ1n) is 8.35. The zero-order valence-corrected chi connectivity index (χ0v) is 14.2. The summed E-state index contributed by atoms with van der Waals surface area (Å²) in [5.41, 5.74) is 3.05. The maximum Gasteiger partial charge on any atom is 0.252 e. The Bertz CT molecular complexity index is 700. The SMILES string of the molecule is CCNC(=O)c1ccc(N2CCOC(c3ccccc3C)C2)nc1. The predicted molar refractivity (Wildman–Crippen MR) is 94.3 cm³/mol. The molecule has 1 unspecified atom stereocenters. The number of carbonyl (C=O) groups excluding carboxylic acids is 1. The van der Waals surface area contributed by atoms with Crippen molar-refractivity contribution in [3.8, 4) is 0 Å². The normalized spacial score (nSPS) is 17.6. The van der Waals surface area contributed by atoms with Gasteiger partial charge in [-0.2, -0.15) is 0 Å². The molecule has 1 fully saturated rings. The number of carbonyl (C=O) groups is 1. The monoisotopic (exact) mass is 325 g/mol. The van der Waals surface area contributed by atoms with Crippen LogP contribution in [0.25, 0.3) is 0 Å². The third-order valence-electron chi connectivity index (χ3n) is 4.27. The lowest BCUT2D eigenvalue weighted by atomic mass is 10.0. The minimum absolute atomic E-state index is 0.0461. The molecule has 0 spiro atoms. The Balaban J connectivity index is 1.73. The molecule has 1 N–H and O–H groups in total. The van der Waals surface area contributed by atoms with Crippen molar-refractivity contribution in [3.63, 3.8) is 0 Å². The summed E-state index contributed by atoms with van der Waals surface area (Å²) in [5.74, 6) is 0.793. The molecule has 126 valence electrons. The summed E-state index contributed by atoms with van der Waals surface area (Å²) >= 11 is 0. The van der Waals surface area contributed by atoms with Crippen molar-refractivity contribution in [3.05, 3.63) is 59.3 Å². The number of ether oxygens (including phenoxy) is 1. The van der Waals surface area contributed by atoms with Crippen LogP contribution >= 0.6 is 0 Å². The van der Waals surface area contributed by atoms with Gasteiger partial charge in [0.2, 0.25) is 0 Å². The Morgan fingerprint density at radius 2 is 2.17 bits per heavy atom. The maximum atomic E-state index is 11.8. The minimum atomic E-state index is -0.0867. The predicted octanol–water partition coefficient (Wildman–Crippen LogP) is 2.72. The van der Waals surface area contributed by atoms with Crippen LogP contribution in [0.2, 0.25) is 0 Å². The molecule has 1 atom stereocenters. The van der Waals surface area contributed by atoms with Gasteiger partial charge in [0.1, 0.15) is 11.9 Å². The second kappa shape index (κ2) is 7.45. The number of aromatic nitrogens is 1. The van der Waals surface area contributed by atoms with E-state index in [2.05, 4.69) is 34.3 Å². The fourth-order valence-corrected chi connectivity index (χ4v) is 2.96. The smallest absolute Gasteiger partial charge is 0.252 e. The standard InChI is InChI=1S/C19H23N3O2/c1-3-20-19(23)15-8-9-18(21-12-15)22-10-11-24-17(13-22)16-7-5-4-6-14(16)2/h4-9,12,17H,3,10-11,13H2,1-2H3,(H,20,23). The fraction of sp³-hybridized carbons (Fsp3) is 0.368. The van der Waals surface area contributed by atoms with Gasteiger partial charge in [0.15, 0.2) is 0 Å². The van der Waals surface area contributed by atoms with Crippen molar-refractivity contribution < 1.29 is 9.53 Å². The zero-order valence-electron chi connectivity index (χ0n) is 14.2. The number of morpholine rings is 1. The lowest BCUT2D eigenvalue weighted by Gasteiger charge is -2.34. The number of benzene rings is 1. The van der Waals surface area contributed by atoms with Crippen LogP contribution in [-0.4, -0.2) is 37.1 Å². The van der Waals surface area contributed by atoms with Crippen LogP contribution in [0, 0.1) is 6.92 Å². The van der Waals surface area contributed by atoms with Gasteiger partial charge in [-0.05, 0) is 37.1 Å². The summed E-state index contributed by atoms with van der Waals surface area (Å²) in [7, 11) is 0. The molecule has 1 aliphatic heterocycles. The Morgan fingerprint density at radius 3 is 2.88 bits per heavy atom. The van der Waals surface area contributed by atoms with E-state index in [-0.39, 0.29) is 12.0 Å².